The molecule has 2 aromatic carbocycles. The summed E-state index contributed by atoms with van der Waals surface area (Å²) in [5.41, 5.74) is 4.79. The van der Waals surface area contributed by atoms with Gasteiger partial charge in [0.15, 0.2) is 11.8 Å². The number of benzene rings is 2. The number of esters is 1. The van der Waals surface area contributed by atoms with Crippen LogP contribution in [0.2, 0.25) is 0 Å². The van der Waals surface area contributed by atoms with Crippen molar-refractivity contribution in [3.05, 3.63) is 82.0 Å². The molecule has 1 amide bonds. The minimum absolute atomic E-state index is 0.167. The normalized spacial score (nSPS) is 16.8. The Bertz CT molecular complexity index is 1220. The Balaban J connectivity index is 1.58. The lowest BCUT2D eigenvalue weighted by Crippen LogP contribution is -2.34. The van der Waals surface area contributed by atoms with Crippen molar-refractivity contribution in [2.24, 2.45) is 4.99 Å². The van der Waals surface area contributed by atoms with E-state index in [1.807, 2.05) is 73.7 Å². The van der Waals surface area contributed by atoms with Gasteiger partial charge in [0.2, 0.25) is 0 Å². The standard InChI is InChI=1S/C26H27N3O4S/c1-5-32-25(31)23-18(4)27-26-29(12-13-34-26)24(23)20-8-6-7-9-21(20)33-15-22(30)28-19-11-10-16(2)17(3)14-19/h6-14,24H,5,15H2,1-4H3,(H,28,30)/t24-/m0/s1. The Morgan fingerprint density at radius 2 is 1.91 bits per heavy atom. The van der Waals surface area contributed by atoms with Gasteiger partial charge in [-0.25, -0.2) is 9.79 Å². The number of allylic oxidation sites excluding steroid dienone is 1. The van der Waals surface area contributed by atoms with Crippen molar-refractivity contribution in [2.75, 3.05) is 18.5 Å². The Kier molecular flexibility index (Phi) is 7.07. The van der Waals surface area contributed by atoms with Gasteiger partial charge in [0.1, 0.15) is 5.75 Å². The summed E-state index contributed by atoms with van der Waals surface area (Å²) in [4.78, 5) is 32.0. The molecule has 8 heteroatoms. The zero-order valence-corrected chi connectivity index (χ0v) is 20.4. The van der Waals surface area contributed by atoms with Gasteiger partial charge in [0.05, 0.1) is 23.9 Å². The number of hydrogen-bond acceptors (Lipinski definition) is 7. The maximum Gasteiger partial charge on any atom is 0.338 e. The summed E-state index contributed by atoms with van der Waals surface area (Å²) in [7, 11) is 0. The molecule has 2 aromatic rings. The summed E-state index contributed by atoms with van der Waals surface area (Å²) in [6.45, 7) is 7.71. The molecule has 0 saturated heterocycles. The molecule has 34 heavy (non-hydrogen) atoms. The summed E-state index contributed by atoms with van der Waals surface area (Å²) >= 11 is 1.49. The number of thioether (sulfide) groups is 1. The van der Waals surface area contributed by atoms with E-state index in [4.69, 9.17) is 9.47 Å². The summed E-state index contributed by atoms with van der Waals surface area (Å²) < 4.78 is 11.3. The lowest BCUT2D eigenvalue weighted by atomic mass is 9.94. The van der Waals surface area contributed by atoms with Crippen molar-refractivity contribution in [1.29, 1.82) is 0 Å². The zero-order chi connectivity index (χ0) is 24.2. The van der Waals surface area contributed by atoms with E-state index in [9.17, 15) is 9.59 Å². The van der Waals surface area contributed by atoms with E-state index in [1.165, 1.54) is 11.8 Å². The van der Waals surface area contributed by atoms with Crippen LogP contribution in [-0.4, -0.2) is 35.2 Å². The molecule has 0 saturated carbocycles. The molecule has 0 aromatic heterocycles. The van der Waals surface area contributed by atoms with Crippen molar-refractivity contribution in [3.63, 3.8) is 0 Å². The van der Waals surface area contributed by atoms with Crippen LogP contribution in [0.4, 0.5) is 5.69 Å². The molecule has 0 radical (unpaired) electrons. The lowest BCUT2D eigenvalue weighted by molar-refractivity contribution is -0.139. The number of carbonyl (C=O) groups excluding carboxylic acids is 2. The van der Waals surface area contributed by atoms with E-state index in [1.54, 1.807) is 13.0 Å². The van der Waals surface area contributed by atoms with Crippen LogP contribution in [0.1, 0.15) is 36.6 Å². The number of para-hydroxylation sites is 1. The largest absolute Gasteiger partial charge is 0.483 e. The van der Waals surface area contributed by atoms with Gasteiger partial charge in [-0.2, -0.15) is 0 Å². The number of aryl methyl sites for hydroxylation is 2. The summed E-state index contributed by atoms with van der Waals surface area (Å²) in [6, 6.07) is 12.7. The average Bonchev–Trinajstić information content (AvgIpc) is 3.27. The predicted octanol–water partition coefficient (Wildman–Crippen LogP) is 5.09. The van der Waals surface area contributed by atoms with Gasteiger partial charge in [0.25, 0.3) is 5.91 Å². The number of ether oxygens (including phenoxy) is 2. The summed E-state index contributed by atoms with van der Waals surface area (Å²) in [5.74, 6) is -0.165. The number of nitrogens with zero attached hydrogens (tertiary/aromatic N) is 2. The van der Waals surface area contributed by atoms with Crippen LogP contribution in [0.3, 0.4) is 0 Å². The fourth-order valence-corrected chi connectivity index (χ4v) is 4.66. The molecule has 2 heterocycles. The summed E-state index contributed by atoms with van der Waals surface area (Å²) in [6.07, 6.45) is 1.89. The van der Waals surface area contributed by atoms with Gasteiger partial charge in [-0.1, -0.05) is 36.0 Å². The predicted molar refractivity (Wildman–Crippen MR) is 135 cm³/mol. The number of hydrogen-bond donors (Lipinski definition) is 1. The quantitative estimate of drug-likeness (QED) is 0.560. The fraction of sp³-hybridized carbons (Fsp3) is 0.269. The zero-order valence-electron chi connectivity index (χ0n) is 19.6. The lowest BCUT2D eigenvalue weighted by Gasteiger charge is -2.34. The minimum Gasteiger partial charge on any atom is -0.483 e. The topological polar surface area (TPSA) is 80.2 Å². The number of nitrogens with one attached hydrogen (secondary N) is 1. The SMILES string of the molecule is CCOC(=O)C1=C(C)N=C2SC=CN2[C@H]1c1ccccc1OCC(=O)Nc1ccc(C)c(C)c1. The van der Waals surface area contributed by atoms with Crippen molar-refractivity contribution in [2.45, 2.75) is 33.7 Å². The van der Waals surface area contributed by atoms with Crippen molar-refractivity contribution in [1.82, 2.24) is 4.90 Å². The first-order chi connectivity index (χ1) is 16.4. The molecule has 2 aliphatic heterocycles. The molecule has 0 spiro atoms. The second-order valence-corrected chi connectivity index (χ2v) is 8.87. The molecule has 0 fully saturated rings. The first-order valence-corrected chi connectivity index (χ1v) is 11.9. The second-order valence-electron chi connectivity index (χ2n) is 8.00. The third kappa shape index (κ3) is 4.87. The maximum absolute atomic E-state index is 12.9. The smallest absolute Gasteiger partial charge is 0.338 e. The number of anilines is 1. The van der Waals surface area contributed by atoms with Crippen LogP contribution in [0, 0.1) is 13.8 Å². The molecule has 176 valence electrons. The van der Waals surface area contributed by atoms with E-state index in [0.717, 1.165) is 27.5 Å². The number of amidine groups is 1. The number of amides is 1. The van der Waals surface area contributed by atoms with Crippen LogP contribution < -0.4 is 10.1 Å². The second kappa shape index (κ2) is 10.2. The number of fused-ring (bicyclic) bond motifs is 1. The Hall–Kier alpha value is -3.52. The van der Waals surface area contributed by atoms with Crippen molar-refractivity contribution >= 4 is 34.5 Å². The first-order valence-electron chi connectivity index (χ1n) is 11.1. The molecule has 2 aliphatic rings. The highest BCUT2D eigenvalue weighted by Gasteiger charge is 2.38. The average molecular weight is 478 g/mol. The van der Waals surface area contributed by atoms with Crippen LogP contribution in [0.5, 0.6) is 5.75 Å². The number of aliphatic imine (C=N–C) groups is 1. The highest BCUT2D eigenvalue weighted by Crippen LogP contribution is 2.43. The van der Waals surface area contributed by atoms with Crippen LogP contribution in [0.25, 0.3) is 0 Å². The molecule has 0 bridgehead atoms. The minimum atomic E-state index is -0.475. The van der Waals surface area contributed by atoms with E-state index in [2.05, 4.69) is 10.3 Å². The Labute approximate surface area is 203 Å². The third-order valence-electron chi connectivity index (χ3n) is 5.68. The molecular weight excluding hydrogens is 450 g/mol. The third-order valence-corrected chi connectivity index (χ3v) is 6.45. The van der Waals surface area contributed by atoms with Gasteiger partial charge >= 0.3 is 5.97 Å². The first kappa shape index (κ1) is 23.6. The highest BCUT2D eigenvalue weighted by molar-refractivity contribution is 8.16. The van der Waals surface area contributed by atoms with Gasteiger partial charge in [-0.15, -0.1) is 0 Å². The van der Waals surface area contributed by atoms with E-state index in [-0.39, 0.29) is 19.1 Å². The molecule has 1 atom stereocenters. The van der Waals surface area contributed by atoms with E-state index < -0.39 is 12.0 Å². The number of carbonyl (C=O) groups is 2. The molecule has 1 N–H and O–H groups in total. The fourth-order valence-electron chi connectivity index (χ4n) is 3.87. The Morgan fingerprint density at radius 1 is 1.12 bits per heavy atom. The maximum atomic E-state index is 12.9. The van der Waals surface area contributed by atoms with Gasteiger partial charge in [-0.05, 0) is 62.4 Å². The van der Waals surface area contributed by atoms with Gasteiger partial charge in [0, 0.05) is 17.5 Å². The molecular formula is C26H27N3O4S. The van der Waals surface area contributed by atoms with Crippen LogP contribution in [0.15, 0.2) is 70.3 Å². The van der Waals surface area contributed by atoms with Gasteiger partial charge in [-0.3, -0.25) is 4.79 Å². The monoisotopic (exact) mass is 477 g/mol. The molecule has 0 unspecified atom stereocenters. The Morgan fingerprint density at radius 3 is 2.68 bits per heavy atom. The van der Waals surface area contributed by atoms with Crippen LogP contribution >= 0.6 is 11.8 Å². The van der Waals surface area contributed by atoms with Crippen molar-refractivity contribution in [3.8, 4) is 5.75 Å². The van der Waals surface area contributed by atoms with Crippen molar-refractivity contribution < 1.29 is 19.1 Å². The molecule has 4 rings (SSSR count). The highest BCUT2D eigenvalue weighted by atomic mass is 32.2. The summed E-state index contributed by atoms with van der Waals surface area (Å²) in [5, 5.41) is 5.58. The number of rotatable bonds is 7. The van der Waals surface area contributed by atoms with E-state index >= 15 is 0 Å². The molecule has 0 aliphatic carbocycles. The van der Waals surface area contributed by atoms with E-state index in [0.29, 0.717) is 17.0 Å². The van der Waals surface area contributed by atoms with Crippen LogP contribution in [-0.2, 0) is 14.3 Å². The molecule has 7 nitrogen and oxygen atoms in total. The van der Waals surface area contributed by atoms with Gasteiger partial charge < -0.3 is 19.7 Å².